The zero-order chi connectivity index (χ0) is 16.2. The van der Waals surface area contributed by atoms with Gasteiger partial charge in [0.1, 0.15) is 5.01 Å². The number of benzene rings is 1. The molecule has 1 amide bonds. The molecule has 5 heteroatoms. The van der Waals surface area contributed by atoms with Crippen molar-refractivity contribution in [3.8, 4) is 10.6 Å². The van der Waals surface area contributed by atoms with Gasteiger partial charge in [-0.3, -0.25) is 4.79 Å². The minimum absolute atomic E-state index is 0.0924. The number of nitrogens with one attached hydrogen (secondary N) is 1. The van der Waals surface area contributed by atoms with E-state index in [1.807, 2.05) is 29.6 Å². The van der Waals surface area contributed by atoms with Crippen LogP contribution in [0.2, 0.25) is 0 Å². The Balaban J connectivity index is 1.61. The lowest BCUT2D eigenvalue weighted by atomic mass is 9.86. The average Bonchev–Trinajstić information content (AvgIpc) is 2.98. The van der Waals surface area contributed by atoms with E-state index < -0.39 is 0 Å². The summed E-state index contributed by atoms with van der Waals surface area (Å²) in [5.41, 5.74) is 1.93. The Hall–Kier alpha value is -1.20. The first kappa shape index (κ1) is 16.7. The Kier molecular flexibility index (Phi) is 5.49. The molecule has 1 fully saturated rings. The molecule has 0 saturated heterocycles. The molecule has 2 unspecified atom stereocenters. The van der Waals surface area contributed by atoms with Gasteiger partial charge in [-0.05, 0) is 30.9 Å². The topological polar surface area (TPSA) is 42.0 Å². The SMILES string of the molecule is CC1CCCCC1NC(=O)Cc1csc(-c2cccc(Br)c2)n1. The summed E-state index contributed by atoms with van der Waals surface area (Å²) in [5, 5.41) is 6.14. The molecular formula is C18H21BrN2OS. The number of nitrogens with zero attached hydrogens (tertiary/aromatic N) is 1. The second-order valence-electron chi connectivity index (χ2n) is 6.27. The lowest BCUT2D eigenvalue weighted by Crippen LogP contribution is -2.41. The summed E-state index contributed by atoms with van der Waals surface area (Å²) in [6.45, 7) is 2.23. The predicted molar refractivity (Wildman–Crippen MR) is 98.5 cm³/mol. The zero-order valence-electron chi connectivity index (χ0n) is 13.2. The Morgan fingerprint density at radius 2 is 2.22 bits per heavy atom. The van der Waals surface area contributed by atoms with Crippen molar-refractivity contribution in [1.29, 1.82) is 0 Å². The third-order valence-corrected chi connectivity index (χ3v) is 5.86. The Labute approximate surface area is 149 Å². The van der Waals surface area contributed by atoms with Gasteiger partial charge in [-0.15, -0.1) is 11.3 Å². The van der Waals surface area contributed by atoms with Crippen molar-refractivity contribution in [3.05, 3.63) is 39.8 Å². The van der Waals surface area contributed by atoms with Crippen molar-refractivity contribution in [1.82, 2.24) is 10.3 Å². The number of aromatic nitrogens is 1. The van der Waals surface area contributed by atoms with E-state index in [1.165, 1.54) is 19.3 Å². The third-order valence-electron chi connectivity index (χ3n) is 4.42. The van der Waals surface area contributed by atoms with Gasteiger partial charge in [0.2, 0.25) is 5.91 Å². The summed E-state index contributed by atoms with van der Waals surface area (Å²) in [6, 6.07) is 8.41. The molecule has 1 aliphatic carbocycles. The van der Waals surface area contributed by atoms with Crippen LogP contribution in [0, 0.1) is 5.92 Å². The van der Waals surface area contributed by atoms with Crippen LogP contribution in [0.25, 0.3) is 10.6 Å². The number of halogens is 1. The van der Waals surface area contributed by atoms with Gasteiger partial charge in [-0.1, -0.05) is 47.8 Å². The highest BCUT2D eigenvalue weighted by Crippen LogP contribution is 2.27. The van der Waals surface area contributed by atoms with Crippen LogP contribution >= 0.6 is 27.3 Å². The number of thiazole rings is 1. The van der Waals surface area contributed by atoms with Crippen LogP contribution in [-0.2, 0) is 11.2 Å². The molecule has 0 radical (unpaired) electrons. The molecule has 2 aromatic rings. The van der Waals surface area contributed by atoms with Crippen molar-refractivity contribution in [3.63, 3.8) is 0 Å². The maximum atomic E-state index is 12.3. The van der Waals surface area contributed by atoms with Crippen LogP contribution in [0.1, 0.15) is 38.3 Å². The molecule has 1 saturated carbocycles. The minimum Gasteiger partial charge on any atom is -0.353 e. The number of carbonyl (C=O) groups is 1. The molecule has 1 N–H and O–H groups in total. The predicted octanol–water partition coefficient (Wildman–Crippen LogP) is 4.81. The summed E-state index contributed by atoms with van der Waals surface area (Å²) >= 11 is 5.07. The van der Waals surface area contributed by atoms with E-state index in [1.54, 1.807) is 11.3 Å². The number of amides is 1. The fraction of sp³-hybridized carbons (Fsp3) is 0.444. The van der Waals surface area contributed by atoms with Gasteiger partial charge in [-0.2, -0.15) is 0 Å². The Morgan fingerprint density at radius 1 is 1.39 bits per heavy atom. The van der Waals surface area contributed by atoms with Crippen molar-refractivity contribution >= 4 is 33.2 Å². The summed E-state index contributed by atoms with van der Waals surface area (Å²) in [5.74, 6) is 0.676. The normalized spacial score (nSPS) is 21.1. The van der Waals surface area contributed by atoms with Gasteiger partial charge in [0.15, 0.2) is 0 Å². The molecule has 1 aliphatic rings. The van der Waals surface area contributed by atoms with Crippen LogP contribution in [0.3, 0.4) is 0 Å². The van der Waals surface area contributed by atoms with Crippen LogP contribution in [0.15, 0.2) is 34.1 Å². The molecule has 0 spiro atoms. The maximum Gasteiger partial charge on any atom is 0.226 e. The van der Waals surface area contributed by atoms with E-state index in [0.717, 1.165) is 27.2 Å². The highest BCUT2D eigenvalue weighted by atomic mass is 79.9. The molecule has 0 bridgehead atoms. The van der Waals surface area contributed by atoms with E-state index in [0.29, 0.717) is 18.4 Å². The maximum absolute atomic E-state index is 12.3. The van der Waals surface area contributed by atoms with E-state index in [2.05, 4.69) is 33.2 Å². The van der Waals surface area contributed by atoms with Crippen LogP contribution in [-0.4, -0.2) is 16.9 Å². The summed E-state index contributed by atoms with van der Waals surface area (Å²) < 4.78 is 1.04. The summed E-state index contributed by atoms with van der Waals surface area (Å²) in [4.78, 5) is 16.9. The van der Waals surface area contributed by atoms with Gasteiger partial charge >= 0.3 is 0 Å². The minimum atomic E-state index is 0.0924. The molecule has 1 aromatic carbocycles. The van der Waals surface area contributed by atoms with Gasteiger partial charge in [0, 0.05) is 21.5 Å². The van der Waals surface area contributed by atoms with E-state index >= 15 is 0 Å². The Morgan fingerprint density at radius 3 is 3.00 bits per heavy atom. The molecule has 2 atom stereocenters. The molecule has 1 heterocycles. The second-order valence-corrected chi connectivity index (χ2v) is 8.04. The summed E-state index contributed by atoms with van der Waals surface area (Å²) in [7, 11) is 0. The quantitative estimate of drug-likeness (QED) is 0.810. The number of hydrogen-bond donors (Lipinski definition) is 1. The Bertz CT molecular complexity index is 685. The smallest absolute Gasteiger partial charge is 0.226 e. The number of hydrogen-bond acceptors (Lipinski definition) is 3. The molecule has 23 heavy (non-hydrogen) atoms. The van der Waals surface area contributed by atoms with Crippen molar-refractivity contribution in [2.45, 2.75) is 45.1 Å². The molecule has 3 nitrogen and oxygen atoms in total. The number of carbonyl (C=O) groups excluding carboxylic acids is 1. The first-order chi connectivity index (χ1) is 11.1. The zero-order valence-corrected chi connectivity index (χ0v) is 15.6. The van der Waals surface area contributed by atoms with Crippen LogP contribution < -0.4 is 5.32 Å². The highest BCUT2D eigenvalue weighted by Gasteiger charge is 2.23. The third kappa shape index (κ3) is 4.42. The van der Waals surface area contributed by atoms with Crippen LogP contribution in [0.5, 0.6) is 0 Å². The number of rotatable bonds is 4. The molecule has 1 aromatic heterocycles. The van der Waals surface area contributed by atoms with Gasteiger partial charge in [0.05, 0.1) is 12.1 Å². The molecule has 3 rings (SSSR count). The van der Waals surface area contributed by atoms with E-state index in [9.17, 15) is 4.79 Å². The molecule has 122 valence electrons. The van der Waals surface area contributed by atoms with Crippen molar-refractivity contribution < 1.29 is 4.79 Å². The first-order valence-electron chi connectivity index (χ1n) is 8.11. The van der Waals surface area contributed by atoms with E-state index in [4.69, 9.17) is 0 Å². The molecule has 0 aliphatic heterocycles. The second kappa shape index (κ2) is 7.58. The molecular weight excluding hydrogens is 372 g/mol. The van der Waals surface area contributed by atoms with Crippen molar-refractivity contribution in [2.24, 2.45) is 5.92 Å². The fourth-order valence-corrected chi connectivity index (χ4v) is 4.31. The highest BCUT2D eigenvalue weighted by molar-refractivity contribution is 9.10. The van der Waals surface area contributed by atoms with E-state index in [-0.39, 0.29) is 5.91 Å². The first-order valence-corrected chi connectivity index (χ1v) is 9.79. The van der Waals surface area contributed by atoms with Gasteiger partial charge < -0.3 is 5.32 Å². The standard InChI is InChI=1S/C18H21BrN2OS/c1-12-5-2-3-8-16(12)21-17(22)10-15-11-23-18(20-15)13-6-4-7-14(19)9-13/h4,6-7,9,11-12,16H,2-3,5,8,10H2,1H3,(H,21,22). The lowest BCUT2D eigenvalue weighted by Gasteiger charge is -2.29. The van der Waals surface area contributed by atoms with Crippen molar-refractivity contribution in [2.75, 3.05) is 0 Å². The summed E-state index contributed by atoms with van der Waals surface area (Å²) in [6.07, 6.45) is 5.20. The van der Waals surface area contributed by atoms with Crippen LogP contribution in [0.4, 0.5) is 0 Å². The fourth-order valence-electron chi connectivity index (χ4n) is 3.10. The average molecular weight is 393 g/mol. The van der Waals surface area contributed by atoms with Gasteiger partial charge in [0.25, 0.3) is 0 Å². The largest absolute Gasteiger partial charge is 0.353 e. The monoisotopic (exact) mass is 392 g/mol. The lowest BCUT2D eigenvalue weighted by molar-refractivity contribution is -0.121. The van der Waals surface area contributed by atoms with Gasteiger partial charge in [-0.25, -0.2) is 4.98 Å².